The summed E-state index contributed by atoms with van der Waals surface area (Å²) in [6.07, 6.45) is 5.68. The summed E-state index contributed by atoms with van der Waals surface area (Å²) in [7, 11) is 0. The number of carbonyl (C=O) groups excluding carboxylic acids is 2. The lowest BCUT2D eigenvalue weighted by Gasteiger charge is -2.41. The van der Waals surface area contributed by atoms with Gasteiger partial charge in [0.1, 0.15) is 0 Å². The number of carbonyl (C=O) groups is 2. The highest BCUT2D eigenvalue weighted by Crippen LogP contribution is 2.37. The molecule has 1 aliphatic rings. The zero-order chi connectivity index (χ0) is 20.9. The zero-order valence-electron chi connectivity index (χ0n) is 17.6. The normalized spacial score (nSPS) is 15.9. The van der Waals surface area contributed by atoms with Crippen LogP contribution in [0.3, 0.4) is 0 Å². The van der Waals surface area contributed by atoms with E-state index in [2.05, 4.69) is 28.5 Å². The third kappa shape index (κ3) is 4.84. The van der Waals surface area contributed by atoms with Crippen molar-refractivity contribution in [2.45, 2.75) is 40.0 Å². The van der Waals surface area contributed by atoms with Crippen molar-refractivity contribution in [2.24, 2.45) is 11.3 Å². The quantitative estimate of drug-likeness (QED) is 0.814. The minimum atomic E-state index is -0.475. The van der Waals surface area contributed by atoms with E-state index >= 15 is 0 Å². The first-order valence-corrected chi connectivity index (χ1v) is 10.5. The number of benzene rings is 1. The van der Waals surface area contributed by atoms with E-state index in [1.807, 2.05) is 50.1 Å². The highest BCUT2D eigenvalue weighted by molar-refractivity contribution is 5.84. The van der Waals surface area contributed by atoms with E-state index in [1.165, 1.54) is 0 Å². The maximum Gasteiger partial charge on any atom is 0.226 e. The lowest BCUT2D eigenvalue weighted by atomic mass is 9.72. The van der Waals surface area contributed by atoms with Crippen LogP contribution < -0.4 is 5.32 Å². The molecule has 0 spiro atoms. The average Bonchev–Trinajstić information content (AvgIpc) is 2.74. The smallest absolute Gasteiger partial charge is 0.226 e. The molecule has 2 amide bonds. The number of nitrogens with one attached hydrogen (secondary N) is 1. The summed E-state index contributed by atoms with van der Waals surface area (Å²) in [6.45, 7) is 7.69. The number of aromatic nitrogens is 1. The Balaban J connectivity index is 1.82. The van der Waals surface area contributed by atoms with Crippen molar-refractivity contribution in [1.82, 2.24) is 15.2 Å². The molecule has 1 fully saturated rings. The first-order chi connectivity index (χ1) is 13.9. The van der Waals surface area contributed by atoms with Crippen LogP contribution in [0.5, 0.6) is 0 Å². The van der Waals surface area contributed by atoms with Crippen LogP contribution in [0.15, 0.2) is 48.8 Å². The lowest BCUT2D eigenvalue weighted by Crippen LogP contribution is -2.51. The molecular weight excluding hydrogens is 362 g/mol. The van der Waals surface area contributed by atoms with E-state index in [4.69, 9.17) is 0 Å². The topological polar surface area (TPSA) is 62.3 Å². The third-order valence-electron chi connectivity index (χ3n) is 5.81. The molecule has 1 aliphatic heterocycles. The minimum Gasteiger partial charge on any atom is -0.356 e. The van der Waals surface area contributed by atoms with Gasteiger partial charge in [0.25, 0.3) is 0 Å². The van der Waals surface area contributed by atoms with Gasteiger partial charge >= 0.3 is 0 Å². The number of hydrogen-bond donors (Lipinski definition) is 1. The summed E-state index contributed by atoms with van der Waals surface area (Å²) in [5, 5.41) is 3.04. The van der Waals surface area contributed by atoms with Crippen LogP contribution in [-0.4, -0.2) is 41.3 Å². The number of pyridine rings is 1. The van der Waals surface area contributed by atoms with Gasteiger partial charge in [0.2, 0.25) is 11.8 Å². The molecule has 154 valence electrons. The number of likely N-dealkylation sites (tertiary alicyclic amines) is 1. The van der Waals surface area contributed by atoms with Gasteiger partial charge in [-0.1, -0.05) is 44.2 Å². The number of rotatable bonds is 6. The van der Waals surface area contributed by atoms with Crippen LogP contribution in [0.25, 0.3) is 11.1 Å². The second kappa shape index (κ2) is 9.21. The fourth-order valence-corrected chi connectivity index (χ4v) is 4.14. The van der Waals surface area contributed by atoms with E-state index in [0.717, 1.165) is 16.7 Å². The van der Waals surface area contributed by atoms with Crippen molar-refractivity contribution in [2.75, 3.05) is 19.6 Å². The fraction of sp³-hybridized carbons (Fsp3) is 0.458. The van der Waals surface area contributed by atoms with Crippen LogP contribution >= 0.6 is 0 Å². The van der Waals surface area contributed by atoms with E-state index in [0.29, 0.717) is 38.9 Å². The molecule has 1 aromatic heterocycles. The Morgan fingerprint density at radius 2 is 1.86 bits per heavy atom. The standard InChI is InChI=1S/C24H31N3O2/c1-4-26-23(29)24(10-13-27(14-11-24)22(28)18(2)3)16-19-7-5-8-20(15-19)21-9-6-12-25-17-21/h5-9,12,15,17-18H,4,10-11,13-14,16H2,1-3H3,(H,26,29). The average molecular weight is 394 g/mol. The molecule has 0 unspecified atom stereocenters. The predicted octanol–water partition coefficient (Wildman–Crippen LogP) is 3.69. The molecule has 0 radical (unpaired) electrons. The van der Waals surface area contributed by atoms with Gasteiger partial charge in [0.15, 0.2) is 0 Å². The number of nitrogens with zero attached hydrogens (tertiary/aromatic N) is 2. The first kappa shape index (κ1) is 21.0. The third-order valence-corrected chi connectivity index (χ3v) is 5.81. The Morgan fingerprint density at radius 1 is 1.14 bits per heavy atom. The Labute approximate surface area is 173 Å². The number of piperidine rings is 1. The molecule has 0 atom stereocenters. The molecule has 2 heterocycles. The fourth-order valence-electron chi connectivity index (χ4n) is 4.14. The van der Waals surface area contributed by atoms with Crippen molar-refractivity contribution in [1.29, 1.82) is 0 Å². The van der Waals surface area contributed by atoms with Crippen molar-refractivity contribution in [3.05, 3.63) is 54.4 Å². The Kier molecular flexibility index (Phi) is 6.68. The zero-order valence-corrected chi connectivity index (χ0v) is 17.6. The van der Waals surface area contributed by atoms with Crippen LogP contribution in [0.4, 0.5) is 0 Å². The summed E-state index contributed by atoms with van der Waals surface area (Å²) in [5.41, 5.74) is 2.84. The van der Waals surface area contributed by atoms with Gasteiger partial charge in [-0.05, 0) is 48.9 Å². The highest BCUT2D eigenvalue weighted by Gasteiger charge is 2.42. The molecule has 0 aliphatic carbocycles. The maximum atomic E-state index is 13.1. The molecule has 2 aromatic rings. The minimum absolute atomic E-state index is 0.0110. The molecule has 3 rings (SSSR count). The molecule has 1 aromatic carbocycles. The molecule has 1 saturated heterocycles. The number of hydrogen-bond acceptors (Lipinski definition) is 3. The van der Waals surface area contributed by atoms with Crippen LogP contribution in [0.1, 0.15) is 39.2 Å². The van der Waals surface area contributed by atoms with Crippen LogP contribution in [-0.2, 0) is 16.0 Å². The van der Waals surface area contributed by atoms with E-state index in [1.54, 1.807) is 6.20 Å². The molecule has 0 bridgehead atoms. The molecule has 29 heavy (non-hydrogen) atoms. The molecule has 5 nitrogen and oxygen atoms in total. The molecule has 1 N–H and O–H groups in total. The van der Waals surface area contributed by atoms with Gasteiger partial charge in [-0.2, -0.15) is 0 Å². The second-order valence-electron chi connectivity index (χ2n) is 8.24. The largest absolute Gasteiger partial charge is 0.356 e. The predicted molar refractivity (Wildman–Crippen MR) is 115 cm³/mol. The second-order valence-corrected chi connectivity index (χ2v) is 8.24. The monoisotopic (exact) mass is 393 g/mol. The van der Waals surface area contributed by atoms with Crippen molar-refractivity contribution in [3.63, 3.8) is 0 Å². The first-order valence-electron chi connectivity index (χ1n) is 10.5. The van der Waals surface area contributed by atoms with E-state index < -0.39 is 5.41 Å². The van der Waals surface area contributed by atoms with Gasteiger partial charge in [-0.25, -0.2) is 0 Å². The summed E-state index contributed by atoms with van der Waals surface area (Å²) >= 11 is 0. The van der Waals surface area contributed by atoms with Gasteiger partial charge in [-0.3, -0.25) is 14.6 Å². The molecule has 0 saturated carbocycles. The summed E-state index contributed by atoms with van der Waals surface area (Å²) in [4.78, 5) is 31.6. The lowest BCUT2D eigenvalue weighted by molar-refractivity contribution is -0.142. The van der Waals surface area contributed by atoms with Crippen molar-refractivity contribution in [3.8, 4) is 11.1 Å². The molecule has 5 heteroatoms. The van der Waals surface area contributed by atoms with E-state index in [9.17, 15) is 9.59 Å². The molecular formula is C24H31N3O2. The SMILES string of the molecule is CCNC(=O)C1(Cc2cccc(-c3cccnc3)c2)CCN(C(=O)C(C)C)CC1. The van der Waals surface area contributed by atoms with Crippen molar-refractivity contribution < 1.29 is 9.59 Å². The van der Waals surface area contributed by atoms with E-state index in [-0.39, 0.29) is 17.7 Å². The Morgan fingerprint density at radius 3 is 2.48 bits per heavy atom. The summed E-state index contributed by atoms with van der Waals surface area (Å²) in [6, 6.07) is 12.3. The Hall–Kier alpha value is -2.69. The van der Waals surface area contributed by atoms with Gasteiger partial charge < -0.3 is 10.2 Å². The highest BCUT2D eigenvalue weighted by atomic mass is 16.2. The van der Waals surface area contributed by atoms with Crippen molar-refractivity contribution >= 4 is 11.8 Å². The maximum absolute atomic E-state index is 13.1. The van der Waals surface area contributed by atoms with Crippen LogP contribution in [0, 0.1) is 11.3 Å². The summed E-state index contributed by atoms with van der Waals surface area (Å²) < 4.78 is 0. The van der Waals surface area contributed by atoms with Crippen LogP contribution in [0.2, 0.25) is 0 Å². The number of amides is 2. The van der Waals surface area contributed by atoms with Gasteiger partial charge in [-0.15, -0.1) is 0 Å². The Bertz CT molecular complexity index is 840. The van der Waals surface area contributed by atoms with Gasteiger partial charge in [0.05, 0.1) is 5.41 Å². The summed E-state index contributed by atoms with van der Waals surface area (Å²) in [5.74, 6) is 0.264. The van der Waals surface area contributed by atoms with Gasteiger partial charge in [0, 0.05) is 37.9 Å².